The van der Waals surface area contributed by atoms with Crippen molar-refractivity contribution in [3.05, 3.63) is 89.7 Å². The fourth-order valence-corrected chi connectivity index (χ4v) is 4.82. The second-order valence-corrected chi connectivity index (χ2v) is 9.55. The first kappa shape index (κ1) is 25.2. The molecule has 0 fully saturated rings. The minimum absolute atomic E-state index is 0.0675. The van der Waals surface area contributed by atoms with Crippen molar-refractivity contribution < 1.29 is 27.1 Å². The predicted molar refractivity (Wildman–Crippen MR) is 127 cm³/mol. The molecule has 0 heterocycles. The molecular weight excluding hydrogens is 459 g/mol. The Labute approximate surface area is 199 Å². The van der Waals surface area contributed by atoms with Crippen LogP contribution in [0.3, 0.4) is 0 Å². The first-order chi connectivity index (χ1) is 16.2. The zero-order valence-electron chi connectivity index (χ0n) is 19.2. The molecule has 0 saturated carbocycles. The molecular formula is C25H27FN2O5S. The van der Waals surface area contributed by atoms with Gasteiger partial charge >= 0.3 is 0 Å². The summed E-state index contributed by atoms with van der Waals surface area (Å²) in [5.74, 6) is 0.168. The second-order valence-electron chi connectivity index (χ2n) is 7.62. The number of rotatable bonds is 10. The van der Waals surface area contributed by atoms with E-state index in [1.165, 1.54) is 50.6 Å². The average molecular weight is 487 g/mol. The van der Waals surface area contributed by atoms with Crippen LogP contribution in [0.25, 0.3) is 0 Å². The molecule has 1 atom stereocenters. The molecule has 0 spiro atoms. The first-order valence-corrected chi connectivity index (χ1v) is 12.0. The van der Waals surface area contributed by atoms with Gasteiger partial charge in [-0.2, -0.15) is 4.31 Å². The van der Waals surface area contributed by atoms with Crippen molar-refractivity contribution in [1.82, 2.24) is 9.62 Å². The number of hydrogen-bond acceptors (Lipinski definition) is 5. The molecule has 0 aliphatic carbocycles. The molecule has 3 aromatic carbocycles. The lowest BCUT2D eigenvalue weighted by Gasteiger charge is -2.23. The fraction of sp³-hybridized carbons (Fsp3) is 0.240. The predicted octanol–water partition coefficient (Wildman–Crippen LogP) is 3.91. The Morgan fingerprint density at radius 1 is 0.971 bits per heavy atom. The number of carbonyl (C=O) groups excluding carboxylic acids is 1. The molecule has 0 unspecified atom stereocenters. The summed E-state index contributed by atoms with van der Waals surface area (Å²) in [6, 6.07) is 18.2. The number of sulfonamides is 1. The maximum atomic E-state index is 13.3. The smallest absolute Gasteiger partial charge is 0.243 e. The van der Waals surface area contributed by atoms with Gasteiger partial charge in [-0.1, -0.05) is 36.4 Å². The molecule has 0 bridgehead atoms. The molecule has 1 amide bonds. The van der Waals surface area contributed by atoms with Crippen molar-refractivity contribution in [3.8, 4) is 11.5 Å². The molecule has 9 heteroatoms. The maximum absolute atomic E-state index is 13.3. The Morgan fingerprint density at radius 2 is 1.62 bits per heavy atom. The van der Waals surface area contributed by atoms with Crippen LogP contribution in [0.4, 0.5) is 4.39 Å². The van der Waals surface area contributed by atoms with Crippen molar-refractivity contribution >= 4 is 15.9 Å². The van der Waals surface area contributed by atoms with E-state index in [0.717, 1.165) is 9.87 Å². The van der Waals surface area contributed by atoms with Crippen LogP contribution < -0.4 is 14.8 Å². The summed E-state index contributed by atoms with van der Waals surface area (Å²) in [7, 11) is -0.929. The highest BCUT2D eigenvalue weighted by Gasteiger charge is 2.27. The van der Waals surface area contributed by atoms with Crippen LogP contribution in [-0.4, -0.2) is 39.4 Å². The standard InChI is InChI=1S/C25H27FN2O5S/c1-18(20-11-14-23(32-2)24(15-20)33-3)27-25(29)17-28(16-19-9-12-21(26)13-10-19)34(30,31)22-7-5-4-6-8-22/h4-15,18H,16-17H2,1-3H3,(H,27,29)/t18-/m1/s1. The topological polar surface area (TPSA) is 84.9 Å². The van der Waals surface area contributed by atoms with Crippen LogP contribution >= 0.6 is 0 Å². The number of nitrogens with zero attached hydrogens (tertiary/aromatic N) is 1. The SMILES string of the molecule is COc1ccc([C@@H](C)NC(=O)CN(Cc2ccc(F)cc2)S(=O)(=O)c2ccccc2)cc1OC. The first-order valence-electron chi connectivity index (χ1n) is 10.6. The van der Waals surface area contributed by atoms with E-state index in [4.69, 9.17) is 9.47 Å². The number of methoxy groups -OCH3 is 2. The maximum Gasteiger partial charge on any atom is 0.243 e. The number of carbonyl (C=O) groups is 1. The molecule has 7 nitrogen and oxygen atoms in total. The highest BCUT2D eigenvalue weighted by Crippen LogP contribution is 2.30. The quantitative estimate of drug-likeness (QED) is 0.470. The van der Waals surface area contributed by atoms with Gasteiger partial charge in [-0.05, 0) is 54.4 Å². The minimum Gasteiger partial charge on any atom is -0.493 e. The average Bonchev–Trinajstić information content (AvgIpc) is 2.84. The molecule has 3 rings (SSSR count). The lowest BCUT2D eigenvalue weighted by Crippen LogP contribution is -2.41. The van der Waals surface area contributed by atoms with Crippen molar-refractivity contribution in [1.29, 1.82) is 0 Å². The number of halogens is 1. The largest absolute Gasteiger partial charge is 0.493 e. The zero-order chi connectivity index (χ0) is 24.7. The number of ether oxygens (including phenoxy) is 2. The van der Waals surface area contributed by atoms with Gasteiger partial charge in [-0.3, -0.25) is 4.79 Å². The van der Waals surface area contributed by atoms with Crippen molar-refractivity contribution in [3.63, 3.8) is 0 Å². The van der Waals surface area contributed by atoms with E-state index in [1.54, 1.807) is 43.3 Å². The van der Waals surface area contributed by atoms with E-state index in [0.29, 0.717) is 17.1 Å². The Bertz CT molecular complexity index is 1220. The number of amides is 1. The van der Waals surface area contributed by atoms with E-state index in [2.05, 4.69) is 5.32 Å². The van der Waals surface area contributed by atoms with E-state index in [9.17, 15) is 17.6 Å². The van der Waals surface area contributed by atoms with Gasteiger partial charge in [0.05, 0.1) is 31.7 Å². The van der Waals surface area contributed by atoms with Crippen LogP contribution in [-0.2, 0) is 21.4 Å². The highest BCUT2D eigenvalue weighted by atomic mass is 32.2. The molecule has 0 aromatic heterocycles. The van der Waals surface area contributed by atoms with Crippen molar-refractivity contribution in [2.45, 2.75) is 24.4 Å². The Balaban J connectivity index is 1.81. The van der Waals surface area contributed by atoms with Gasteiger partial charge in [0.1, 0.15) is 5.82 Å². The number of hydrogen-bond donors (Lipinski definition) is 1. The van der Waals surface area contributed by atoms with Crippen LogP contribution in [0.5, 0.6) is 11.5 Å². The lowest BCUT2D eigenvalue weighted by atomic mass is 10.1. The zero-order valence-corrected chi connectivity index (χ0v) is 20.0. The summed E-state index contributed by atoms with van der Waals surface area (Å²) >= 11 is 0. The van der Waals surface area contributed by atoms with E-state index in [1.807, 2.05) is 0 Å². The summed E-state index contributed by atoms with van der Waals surface area (Å²) in [6.45, 7) is 1.29. The molecule has 34 heavy (non-hydrogen) atoms. The van der Waals surface area contributed by atoms with Gasteiger partial charge in [0.2, 0.25) is 15.9 Å². The Kier molecular flexibility index (Phi) is 8.25. The molecule has 1 N–H and O–H groups in total. The van der Waals surface area contributed by atoms with Crippen LogP contribution in [0, 0.1) is 5.82 Å². The monoisotopic (exact) mass is 486 g/mol. The van der Waals surface area contributed by atoms with E-state index >= 15 is 0 Å². The molecule has 0 aliphatic heterocycles. The van der Waals surface area contributed by atoms with Gasteiger partial charge in [-0.25, -0.2) is 12.8 Å². The van der Waals surface area contributed by atoms with E-state index < -0.39 is 34.3 Å². The molecule has 0 saturated heterocycles. The van der Waals surface area contributed by atoms with Gasteiger partial charge in [0.15, 0.2) is 11.5 Å². The molecule has 0 radical (unpaired) electrons. The van der Waals surface area contributed by atoms with E-state index in [-0.39, 0.29) is 11.4 Å². The van der Waals surface area contributed by atoms with Gasteiger partial charge in [0.25, 0.3) is 0 Å². The summed E-state index contributed by atoms with van der Waals surface area (Å²) in [5.41, 5.74) is 1.32. The summed E-state index contributed by atoms with van der Waals surface area (Å²) in [4.78, 5) is 13.0. The van der Waals surface area contributed by atoms with Crippen LogP contribution in [0.15, 0.2) is 77.7 Å². The highest BCUT2D eigenvalue weighted by molar-refractivity contribution is 7.89. The molecule has 180 valence electrons. The van der Waals surface area contributed by atoms with Gasteiger partial charge in [0, 0.05) is 6.54 Å². The third-order valence-corrected chi connectivity index (χ3v) is 7.06. The molecule has 3 aromatic rings. The Hall–Kier alpha value is -3.43. The summed E-state index contributed by atoms with van der Waals surface area (Å²) in [5, 5.41) is 2.83. The second kappa shape index (κ2) is 11.1. The third kappa shape index (κ3) is 6.12. The number of nitrogens with one attached hydrogen (secondary N) is 1. The van der Waals surface area contributed by atoms with Crippen molar-refractivity contribution in [2.24, 2.45) is 0 Å². The Morgan fingerprint density at radius 3 is 2.24 bits per heavy atom. The third-order valence-electron chi connectivity index (χ3n) is 5.26. The van der Waals surface area contributed by atoms with Crippen LogP contribution in [0.1, 0.15) is 24.1 Å². The minimum atomic E-state index is -3.98. The summed E-state index contributed by atoms with van der Waals surface area (Å²) in [6.07, 6.45) is 0. The van der Waals surface area contributed by atoms with Gasteiger partial charge < -0.3 is 14.8 Å². The van der Waals surface area contributed by atoms with Crippen molar-refractivity contribution in [2.75, 3.05) is 20.8 Å². The summed E-state index contributed by atoms with van der Waals surface area (Å²) < 4.78 is 51.5. The fourth-order valence-electron chi connectivity index (χ4n) is 3.41. The number of benzene rings is 3. The van der Waals surface area contributed by atoms with Crippen LogP contribution in [0.2, 0.25) is 0 Å². The lowest BCUT2D eigenvalue weighted by molar-refractivity contribution is -0.122. The normalized spacial score (nSPS) is 12.3. The van der Waals surface area contributed by atoms with Gasteiger partial charge in [-0.15, -0.1) is 0 Å². The molecule has 0 aliphatic rings.